The van der Waals surface area contributed by atoms with E-state index in [4.69, 9.17) is 14.8 Å². The smallest absolute Gasteiger partial charge is 0.387 e. The van der Waals surface area contributed by atoms with E-state index in [0.717, 1.165) is 44.9 Å². The summed E-state index contributed by atoms with van der Waals surface area (Å²) in [5.41, 5.74) is 5.33. The Kier molecular flexibility index (Phi) is 31.3. The first-order chi connectivity index (χ1) is 21.9. The van der Waals surface area contributed by atoms with E-state index in [1.54, 1.807) is 6.08 Å². The number of aliphatic hydroxyl groups excluding tert-OH is 1. The van der Waals surface area contributed by atoms with Crippen molar-refractivity contribution in [3.8, 4) is 0 Å². The quantitative estimate of drug-likeness (QED) is 0.0323. The van der Waals surface area contributed by atoms with Crippen molar-refractivity contribution in [3.63, 3.8) is 0 Å². The van der Waals surface area contributed by atoms with Crippen LogP contribution in [0.5, 0.6) is 0 Å². The normalized spacial score (nSPS) is 15.0. The maximum Gasteiger partial charge on any atom is 0.472 e. The van der Waals surface area contributed by atoms with Gasteiger partial charge in [0.15, 0.2) is 0 Å². The lowest BCUT2D eigenvalue weighted by atomic mass is 10.1. The number of rotatable bonds is 32. The van der Waals surface area contributed by atoms with Crippen molar-refractivity contribution < 1.29 is 28.4 Å². The molecule has 9 heteroatoms. The van der Waals surface area contributed by atoms with Crippen molar-refractivity contribution in [1.29, 1.82) is 0 Å². The van der Waals surface area contributed by atoms with Crippen LogP contribution in [0.1, 0.15) is 142 Å². The highest BCUT2D eigenvalue weighted by Crippen LogP contribution is 2.43. The van der Waals surface area contributed by atoms with Gasteiger partial charge >= 0.3 is 7.82 Å². The van der Waals surface area contributed by atoms with Crippen LogP contribution in [0.3, 0.4) is 0 Å². The first-order valence-corrected chi connectivity index (χ1v) is 19.2. The lowest BCUT2D eigenvalue weighted by Gasteiger charge is -2.23. The van der Waals surface area contributed by atoms with Crippen molar-refractivity contribution in [2.24, 2.45) is 5.73 Å². The van der Waals surface area contributed by atoms with Gasteiger partial charge < -0.3 is 21.1 Å². The molecule has 0 saturated heterocycles. The predicted molar refractivity (Wildman–Crippen MR) is 189 cm³/mol. The van der Waals surface area contributed by atoms with Crippen molar-refractivity contribution in [1.82, 2.24) is 5.32 Å². The van der Waals surface area contributed by atoms with Gasteiger partial charge in [-0.05, 0) is 64.7 Å². The topological polar surface area (TPSA) is 131 Å². The van der Waals surface area contributed by atoms with E-state index in [1.807, 2.05) is 19.1 Å². The molecule has 45 heavy (non-hydrogen) atoms. The Morgan fingerprint density at radius 1 is 0.756 bits per heavy atom. The number of hydrogen-bond donors (Lipinski definition) is 4. The maximum atomic E-state index is 12.6. The van der Waals surface area contributed by atoms with Gasteiger partial charge in [0.05, 0.1) is 25.4 Å². The van der Waals surface area contributed by atoms with Crippen LogP contribution in [0.25, 0.3) is 0 Å². The van der Waals surface area contributed by atoms with Crippen LogP contribution in [0.2, 0.25) is 0 Å². The molecular weight excluding hydrogens is 587 g/mol. The number of aliphatic hydroxyl groups is 1. The number of carbonyl (C=O) groups excluding carboxylic acids is 1. The van der Waals surface area contributed by atoms with Crippen molar-refractivity contribution >= 4 is 13.7 Å². The molecule has 0 saturated carbocycles. The highest BCUT2D eigenvalue weighted by atomic mass is 31.2. The fraction of sp³-hybridized carbons (Fsp3) is 0.750. The van der Waals surface area contributed by atoms with Crippen LogP contribution < -0.4 is 11.1 Å². The number of nitrogens with two attached hydrogens (primary N) is 1. The molecule has 0 spiro atoms. The lowest BCUT2D eigenvalue weighted by Crippen LogP contribution is -2.45. The second kappa shape index (κ2) is 32.4. The van der Waals surface area contributed by atoms with E-state index in [9.17, 15) is 19.4 Å². The van der Waals surface area contributed by atoms with Crippen LogP contribution in [0.15, 0.2) is 48.6 Å². The molecule has 0 aliphatic carbocycles. The zero-order chi connectivity index (χ0) is 33.3. The summed E-state index contributed by atoms with van der Waals surface area (Å²) in [5.74, 6) is -0.219. The number of phosphoric ester groups is 1. The summed E-state index contributed by atoms with van der Waals surface area (Å²) >= 11 is 0. The van der Waals surface area contributed by atoms with Crippen LogP contribution in [-0.4, -0.2) is 47.8 Å². The van der Waals surface area contributed by atoms with Crippen LogP contribution in [0.4, 0.5) is 0 Å². The minimum atomic E-state index is -4.34. The molecule has 5 N–H and O–H groups in total. The molecule has 0 aromatic carbocycles. The predicted octanol–water partition coefficient (Wildman–Crippen LogP) is 8.99. The van der Waals surface area contributed by atoms with Gasteiger partial charge in [0.1, 0.15) is 0 Å². The molecule has 0 bridgehead atoms. The van der Waals surface area contributed by atoms with Crippen molar-refractivity contribution in [2.75, 3.05) is 19.8 Å². The molecule has 3 unspecified atom stereocenters. The average molecular weight is 655 g/mol. The summed E-state index contributed by atoms with van der Waals surface area (Å²) in [7, 11) is -4.34. The fourth-order valence-corrected chi connectivity index (χ4v) is 5.51. The molecule has 0 heterocycles. The standard InChI is InChI=1S/C36H67N2O6P/c1-3-5-7-9-11-13-14-15-16-17-18-19-20-22-24-26-28-30-36(40)38-34(33-44-45(41,42)43-32-31-37)35(39)29-27-25-23-21-12-10-8-6-4-2/h4,6,12,15-16,21,27,29,34-35,39H,3,5,7-11,13-14,17-20,22-26,28,30-33,37H2,1-2H3,(H,38,40)(H,41,42)/b6-4+,16-15-,21-12+,29-27+. The van der Waals surface area contributed by atoms with E-state index in [-0.39, 0.29) is 25.7 Å². The summed E-state index contributed by atoms with van der Waals surface area (Å²) in [6, 6.07) is -0.882. The minimum Gasteiger partial charge on any atom is -0.387 e. The summed E-state index contributed by atoms with van der Waals surface area (Å²) in [4.78, 5) is 22.5. The Balaban J connectivity index is 4.30. The maximum absolute atomic E-state index is 12.6. The van der Waals surface area contributed by atoms with Crippen LogP contribution in [-0.2, 0) is 18.4 Å². The third kappa shape index (κ3) is 30.9. The summed E-state index contributed by atoms with van der Waals surface area (Å²) < 4.78 is 21.9. The van der Waals surface area contributed by atoms with Gasteiger partial charge in [-0.1, -0.05) is 120 Å². The number of nitrogens with one attached hydrogen (secondary N) is 1. The summed E-state index contributed by atoms with van der Waals surface area (Å²) in [6.45, 7) is 3.83. The molecule has 0 rings (SSSR count). The number of unbranched alkanes of at least 4 members (excludes halogenated alkanes) is 15. The van der Waals surface area contributed by atoms with Gasteiger partial charge in [-0.15, -0.1) is 0 Å². The number of carbonyl (C=O) groups is 1. The second-order valence-electron chi connectivity index (χ2n) is 11.7. The molecule has 262 valence electrons. The highest BCUT2D eigenvalue weighted by molar-refractivity contribution is 7.47. The SMILES string of the molecule is C/C=C/CC/C=C/CC/C=C/C(O)C(COP(=O)(O)OCCN)NC(=O)CCCCCCCCC/C=C\CCCCCCCC. The molecule has 0 fully saturated rings. The Morgan fingerprint density at radius 3 is 1.84 bits per heavy atom. The van der Waals surface area contributed by atoms with Crippen LogP contribution >= 0.6 is 7.82 Å². The summed E-state index contributed by atoms with van der Waals surface area (Å²) in [6.07, 6.45) is 37.5. The molecule has 0 aliphatic heterocycles. The van der Waals surface area contributed by atoms with E-state index in [0.29, 0.717) is 6.42 Å². The Labute approximate surface area is 275 Å². The van der Waals surface area contributed by atoms with Gasteiger partial charge in [0.2, 0.25) is 5.91 Å². The Morgan fingerprint density at radius 2 is 1.27 bits per heavy atom. The fourth-order valence-electron chi connectivity index (χ4n) is 4.75. The van der Waals surface area contributed by atoms with Gasteiger partial charge in [-0.2, -0.15) is 0 Å². The molecule has 0 aromatic heterocycles. The van der Waals surface area contributed by atoms with E-state index in [1.165, 1.54) is 77.0 Å². The van der Waals surface area contributed by atoms with Gasteiger partial charge in [-0.25, -0.2) is 4.57 Å². The first-order valence-electron chi connectivity index (χ1n) is 17.7. The Bertz CT molecular complexity index is 845. The molecule has 8 nitrogen and oxygen atoms in total. The Hall–Kier alpha value is -1.54. The van der Waals surface area contributed by atoms with Crippen molar-refractivity contribution in [3.05, 3.63) is 48.6 Å². The number of amides is 1. The van der Waals surface area contributed by atoms with Gasteiger partial charge in [-0.3, -0.25) is 13.8 Å². The van der Waals surface area contributed by atoms with E-state index in [2.05, 4.69) is 42.6 Å². The summed E-state index contributed by atoms with van der Waals surface area (Å²) in [5, 5.41) is 13.5. The van der Waals surface area contributed by atoms with Gasteiger partial charge in [0, 0.05) is 13.0 Å². The molecule has 0 aliphatic rings. The van der Waals surface area contributed by atoms with E-state index >= 15 is 0 Å². The first kappa shape index (κ1) is 43.5. The van der Waals surface area contributed by atoms with Gasteiger partial charge in [0.25, 0.3) is 0 Å². The zero-order valence-corrected chi connectivity index (χ0v) is 29.5. The van der Waals surface area contributed by atoms with E-state index < -0.39 is 20.0 Å². The average Bonchev–Trinajstić information content (AvgIpc) is 3.02. The van der Waals surface area contributed by atoms with Crippen LogP contribution in [0, 0.1) is 0 Å². The molecule has 0 aromatic rings. The highest BCUT2D eigenvalue weighted by Gasteiger charge is 2.26. The monoisotopic (exact) mass is 654 g/mol. The third-order valence-corrected chi connectivity index (χ3v) is 8.43. The lowest BCUT2D eigenvalue weighted by molar-refractivity contribution is -0.123. The third-order valence-electron chi connectivity index (χ3n) is 7.45. The van der Waals surface area contributed by atoms with Crippen molar-refractivity contribution in [2.45, 2.75) is 154 Å². The largest absolute Gasteiger partial charge is 0.472 e. The molecule has 0 radical (unpaired) electrons. The second-order valence-corrected chi connectivity index (χ2v) is 13.2. The number of allylic oxidation sites excluding steroid dienone is 7. The molecule has 3 atom stereocenters. The number of phosphoric acid groups is 1. The minimum absolute atomic E-state index is 0.0693. The molecular formula is C36H67N2O6P. The zero-order valence-electron chi connectivity index (χ0n) is 28.6. The molecule has 1 amide bonds. The number of hydrogen-bond acceptors (Lipinski definition) is 6.